The average molecular weight is 603 g/mol. The monoisotopic (exact) mass is 602 g/mol. The average Bonchev–Trinajstić information content (AvgIpc) is 2.96. The number of piperidine rings is 1. The standard InChI is InChI=1S/C35H46N4O5/c1-32(2,3)44-31(41)38-17-15-35(16-18-38)21-39(22-35)25-12-9-23(10-13-25)28(40)37-29-33(4,5)30(34(29,6)7)43-26-14-11-24(20-36)27(19-26)42-8/h9-14,19,29-30H,15-18,21-22H2,1-8H3,(H,37,40). The molecule has 1 spiro atoms. The Bertz CT molecular complexity index is 1420. The molecule has 236 valence electrons. The van der Waals surface area contributed by atoms with Crippen molar-refractivity contribution in [3.63, 3.8) is 0 Å². The van der Waals surface area contributed by atoms with E-state index in [2.05, 4.69) is 44.0 Å². The van der Waals surface area contributed by atoms with Crippen LogP contribution in [0, 0.1) is 27.6 Å². The quantitative estimate of drug-likeness (QED) is 0.431. The Balaban J connectivity index is 1.14. The summed E-state index contributed by atoms with van der Waals surface area (Å²) in [6, 6.07) is 15.1. The fraction of sp³-hybridized carbons (Fsp3) is 0.571. The Morgan fingerprint density at radius 2 is 1.59 bits per heavy atom. The van der Waals surface area contributed by atoms with Gasteiger partial charge in [-0.1, -0.05) is 27.7 Å². The number of ether oxygens (including phenoxy) is 3. The first kappa shape index (κ1) is 31.5. The van der Waals surface area contributed by atoms with Gasteiger partial charge in [0.25, 0.3) is 5.91 Å². The topological polar surface area (TPSA) is 104 Å². The molecule has 1 aliphatic carbocycles. The van der Waals surface area contributed by atoms with E-state index >= 15 is 0 Å². The van der Waals surface area contributed by atoms with Gasteiger partial charge in [0.05, 0.1) is 12.7 Å². The molecule has 9 heteroatoms. The van der Waals surface area contributed by atoms with Gasteiger partial charge in [-0.25, -0.2) is 4.79 Å². The van der Waals surface area contributed by atoms with Crippen molar-refractivity contribution in [2.24, 2.45) is 16.2 Å². The van der Waals surface area contributed by atoms with Crippen LogP contribution in [0.4, 0.5) is 10.5 Å². The zero-order chi connectivity index (χ0) is 32.1. The predicted molar refractivity (Wildman–Crippen MR) is 169 cm³/mol. The number of anilines is 1. The SMILES string of the molecule is COc1cc(OC2C(C)(C)C(NC(=O)c3ccc(N4CC5(CCN(C(=O)OC(C)(C)C)CC5)C4)cc3)C2(C)C)ccc1C#N. The van der Waals surface area contributed by atoms with E-state index in [1.807, 2.05) is 49.9 Å². The van der Waals surface area contributed by atoms with Gasteiger partial charge in [-0.2, -0.15) is 5.26 Å². The van der Waals surface area contributed by atoms with Crippen LogP contribution in [0.25, 0.3) is 0 Å². The van der Waals surface area contributed by atoms with Crippen LogP contribution in [-0.2, 0) is 4.74 Å². The molecule has 0 aromatic heterocycles. The van der Waals surface area contributed by atoms with E-state index < -0.39 is 5.60 Å². The van der Waals surface area contributed by atoms with Crippen molar-refractivity contribution in [2.75, 3.05) is 38.2 Å². The number of carbonyl (C=O) groups excluding carboxylic acids is 2. The molecule has 3 aliphatic rings. The number of amides is 2. The van der Waals surface area contributed by atoms with Gasteiger partial charge < -0.3 is 29.3 Å². The van der Waals surface area contributed by atoms with Crippen LogP contribution < -0.4 is 19.7 Å². The molecule has 2 aliphatic heterocycles. The van der Waals surface area contributed by atoms with Crippen LogP contribution in [0.1, 0.15) is 77.2 Å². The summed E-state index contributed by atoms with van der Waals surface area (Å²) in [6.45, 7) is 17.5. The molecule has 2 saturated heterocycles. The highest BCUT2D eigenvalue weighted by molar-refractivity contribution is 5.95. The van der Waals surface area contributed by atoms with Crippen molar-refractivity contribution >= 4 is 17.7 Å². The first-order valence-corrected chi connectivity index (χ1v) is 15.5. The van der Waals surface area contributed by atoms with Gasteiger partial charge in [-0.05, 0) is 70.0 Å². The molecule has 2 amide bonds. The summed E-state index contributed by atoms with van der Waals surface area (Å²) in [6.07, 6.45) is 1.57. The maximum Gasteiger partial charge on any atom is 0.410 e. The number of hydrogen-bond acceptors (Lipinski definition) is 7. The number of hydrogen-bond donors (Lipinski definition) is 1. The van der Waals surface area contributed by atoms with Crippen molar-refractivity contribution in [2.45, 2.75) is 79.1 Å². The first-order valence-electron chi connectivity index (χ1n) is 15.5. The normalized spacial score (nSPS) is 23.1. The van der Waals surface area contributed by atoms with Crippen molar-refractivity contribution in [1.82, 2.24) is 10.2 Å². The lowest BCUT2D eigenvalue weighted by Crippen LogP contribution is -2.74. The third-order valence-electron chi connectivity index (χ3n) is 9.69. The smallest absolute Gasteiger partial charge is 0.410 e. The number of methoxy groups -OCH3 is 1. The third-order valence-corrected chi connectivity index (χ3v) is 9.69. The van der Waals surface area contributed by atoms with Gasteiger partial charge in [0.1, 0.15) is 29.3 Å². The van der Waals surface area contributed by atoms with E-state index in [1.54, 1.807) is 18.2 Å². The molecule has 0 bridgehead atoms. The highest BCUT2D eigenvalue weighted by Gasteiger charge is 2.64. The van der Waals surface area contributed by atoms with Crippen LogP contribution >= 0.6 is 0 Å². The fourth-order valence-corrected chi connectivity index (χ4v) is 7.56. The Kier molecular flexibility index (Phi) is 8.02. The van der Waals surface area contributed by atoms with E-state index in [0.29, 0.717) is 22.6 Å². The summed E-state index contributed by atoms with van der Waals surface area (Å²) in [5.41, 5.74) is 1.29. The van der Waals surface area contributed by atoms with Crippen LogP contribution in [0.2, 0.25) is 0 Å². The molecule has 0 unspecified atom stereocenters. The van der Waals surface area contributed by atoms with Gasteiger partial charge in [0.15, 0.2) is 0 Å². The molecule has 2 heterocycles. The molecule has 3 fully saturated rings. The lowest BCUT2D eigenvalue weighted by molar-refractivity contribution is -0.164. The van der Waals surface area contributed by atoms with E-state index in [9.17, 15) is 14.9 Å². The molecule has 44 heavy (non-hydrogen) atoms. The second-order valence-electron chi connectivity index (χ2n) is 14.9. The number of nitrogens with zero attached hydrogens (tertiary/aromatic N) is 3. The van der Waals surface area contributed by atoms with Crippen LogP contribution in [0.3, 0.4) is 0 Å². The molecule has 1 N–H and O–H groups in total. The van der Waals surface area contributed by atoms with E-state index in [4.69, 9.17) is 14.2 Å². The zero-order valence-electron chi connectivity index (χ0n) is 27.3. The minimum atomic E-state index is -0.480. The van der Waals surface area contributed by atoms with Crippen LogP contribution in [-0.4, -0.2) is 67.9 Å². The Morgan fingerprint density at radius 3 is 2.14 bits per heavy atom. The summed E-state index contributed by atoms with van der Waals surface area (Å²) in [5.74, 6) is 1.01. The molecule has 2 aromatic carbocycles. The van der Waals surface area contributed by atoms with Crippen molar-refractivity contribution in [1.29, 1.82) is 5.26 Å². The van der Waals surface area contributed by atoms with Gasteiger partial charge in [-0.15, -0.1) is 0 Å². The summed E-state index contributed by atoms with van der Waals surface area (Å²) in [7, 11) is 1.54. The van der Waals surface area contributed by atoms with E-state index in [1.165, 1.54) is 7.11 Å². The second-order valence-corrected chi connectivity index (χ2v) is 14.9. The molecular formula is C35H46N4O5. The van der Waals surface area contributed by atoms with Gasteiger partial charge >= 0.3 is 6.09 Å². The number of likely N-dealkylation sites (tertiary alicyclic amines) is 1. The molecule has 0 atom stereocenters. The molecular weight excluding hydrogens is 556 g/mol. The lowest BCUT2D eigenvalue weighted by Gasteiger charge is -2.63. The van der Waals surface area contributed by atoms with Crippen molar-refractivity contribution < 1.29 is 23.8 Å². The van der Waals surface area contributed by atoms with Crippen molar-refractivity contribution in [3.8, 4) is 17.6 Å². The van der Waals surface area contributed by atoms with Gasteiger partial charge in [-0.3, -0.25) is 4.79 Å². The zero-order valence-corrected chi connectivity index (χ0v) is 27.3. The lowest BCUT2D eigenvalue weighted by atomic mass is 9.49. The fourth-order valence-electron chi connectivity index (χ4n) is 7.56. The number of carbonyl (C=O) groups is 2. The number of rotatable bonds is 6. The Hall–Kier alpha value is -3.93. The summed E-state index contributed by atoms with van der Waals surface area (Å²) >= 11 is 0. The second kappa shape index (κ2) is 11.2. The Labute approximate surface area is 261 Å². The maximum absolute atomic E-state index is 13.4. The number of nitriles is 1. The Morgan fingerprint density at radius 1 is 0.977 bits per heavy atom. The number of nitrogens with one attached hydrogen (secondary N) is 1. The van der Waals surface area contributed by atoms with Crippen molar-refractivity contribution in [3.05, 3.63) is 53.6 Å². The summed E-state index contributed by atoms with van der Waals surface area (Å²) < 4.78 is 17.3. The third kappa shape index (κ3) is 5.91. The molecule has 1 saturated carbocycles. The summed E-state index contributed by atoms with van der Waals surface area (Å²) in [5, 5.41) is 12.6. The molecule has 2 aromatic rings. The first-order chi connectivity index (χ1) is 20.6. The highest BCUT2D eigenvalue weighted by Crippen LogP contribution is 2.55. The predicted octanol–water partition coefficient (Wildman–Crippen LogP) is 6.02. The summed E-state index contributed by atoms with van der Waals surface area (Å²) in [4.78, 5) is 30.0. The largest absolute Gasteiger partial charge is 0.495 e. The highest BCUT2D eigenvalue weighted by atomic mass is 16.6. The minimum Gasteiger partial charge on any atom is -0.495 e. The number of benzene rings is 2. The van der Waals surface area contributed by atoms with Gasteiger partial charge in [0.2, 0.25) is 0 Å². The van der Waals surface area contributed by atoms with E-state index in [-0.39, 0.29) is 40.4 Å². The van der Waals surface area contributed by atoms with Gasteiger partial charge in [0, 0.05) is 65.8 Å². The van der Waals surface area contributed by atoms with Crippen LogP contribution in [0.15, 0.2) is 42.5 Å². The van der Waals surface area contributed by atoms with E-state index in [0.717, 1.165) is 44.7 Å². The minimum absolute atomic E-state index is 0.101. The van der Waals surface area contributed by atoms with Crippen LogP contribution in [0.5, 0.6) is 11.5 Å². The molecule has 0 radical (unpaired) electrons. The molecule has 5 rings (SSSR count). The molecule has 9 nitrogen and oxygen atoms in total. The maximum atomic E-state index is 13.4.